The SMILES string of the molecule is O=C(Cn1cnc2c(cnn2-c2ccc(F)cc2)c1=O)Nc1ccc(OC(F)(F)F)cc1. The normalized spacial score (nSPS) is 11.5. The summed E-state index contributed by atoms with van der Waals surface area (Å²) in [5.74, 6) is -1.45. The van der Waals surface area contributed by atoms with Crippen molar-refractivity contribution in [2.45, 2.75) is 12.9 Å². The van der Waals surface area contributed by atoms with E-state index >= 15 is 0 Å². The lowest BCUT2D eigenvalue weighted by Crippen LogP contribution is -2.27. The number of fused-ring (bicyclic) bond motifs is 1. The fourth-order valence-corrected chi connectivity index (χ4v) is 2.93. The van der Waals surface area contributed by atoms with E-state index in [1.165, 1.54) is 53.6 Å². The average molecular weight is 447 g/mol. The Bertz CT molecular complexity index is 1330. The maximum atomic E-state index is 13.1. The Morgan fingerprint density at radius 2 is 1.75 bits per heavy atom. The molecule has 0 aliphatic heterocycles. The van der Waals surface area contributed by atoms with Crippen LogP contribution in [0.15, 0.2) is 65.8 Å². The van der Waals surface area contributed by atoms with Crippen LogP contribution < -0.4 is 15.6 Å². The molecule has 0 saturated heterocycles. The first-order chi connectivity index (χ1) is 15.2. The maximum Gasteiger partial charge on any atom is 0.573 e. The first kappa shape index (κ1) is 21.0. The Kier molecular flexibility index (Phi) is 5.34. The van der Waals surface area contributed by atoms with Gasteiger partial charge in [0.2, 0.25) is 5.91 Å². The smallest absolute Gasteiger partial charge is 0.406 e. The third-order valence-corrected chi connectivity index (χ3v) is 4.31. The fourth-order valence-electron chi connectivity index (χ4n) is 2.93. The summed E-state index contributed by atoms with van der Waals surface area (Å²) in [6.07, 6.45) is -2.35. The predicted octanol–water partition coefficient (Wildman–Crippen LogP) is 3.26. The van der Waals surface area contributed by atoms with E-state index < -0.39 is 29.4 Å². The quantitative estimate of drug-likeness (QED) is 0.475. The van der Waals surface area contributed by atoms with Crippen molar-refractivity contribution in [3.63, 3.8) is 0 Å². The van der Waals surface area contributed by atoms with Gasteiger partial charge in [0.15, 0.2) is 5.65 Å². The fraction of sp³-hybridized carbons (Fsp3) is 0.100. The van der Waals surface area contributed by atoms with Gasteiger partial charge in [-0.25, -0.2) is 14.1 Å². The van der Waals surface area contributed by atoms with E-state index in [-0.39, 0.29) is 23.3 Å². The first-order valence-corrected chi connectivity index (χ1v) is 9.04. The number of nitrogens with one attached hydrogen (secondary N) is 1. The second-order valence-electron chi connectivity index (χ2n) is 6.57. The molecule has 0 unspecified atom stereocenters. The third kappa shape index (κ3) is 4.58. The summed E-state index contributed by atoms with van der Waals surface area (Å²) in [5, 5.41) is 6.73. The van der Waals surface area contributed by atoms with E-state index in [4.69, 9.17) is 0 Å². The Morgan fingerprint density at radius 3 is 2.41 bits per heavy atom. The monoisotopic (exact) mass is 447 g/mol. The number of anilines is 1. The molecule has 4 rings (SSSR count). The number of nitrogens with zero attached hydrogens (tertiary/aromatic N) is 4. The molecule has 0 radical (unpaired) electrons. The van der Waals surface area contributed by atoms with Crippen molar-refractivity contribution in [3.8, 4) is 11.4 Å². The van der Waals surface area contributed by atoms with E-state index in [0.29, 0.717) is 5.69 Å². The summed E-state index contributed by atoms with van der Waals surface area (Å²) in [4.78, 5) is 29.1. The van der Waals surface area contributed by atoms with Crippen LogP contribution in [0.5, 0.6) is 5.75 Å². The zero-order valence-electron chi connectivity index (χ0n) is 16.0. The maximum absolute atomic E-state index is 13.1. The number of rotatable bonds is 5. The van der Waals surface area contributed by atoms with E-state index in [1.54, 1.807) is 0 Å². The third-order valence-electron chi connectivity index (χ3n) is 4.31. The first-order valence-electron chi connectivity index (χ1n) is 9.04. The molecule has 0 saturated carbocycles. The molecule has 8 nitrogen and oxygen atoms in total. The van der Waals surface area contributed by atoms with Gasteiger partial charge < -0.3 is 10.1 Å². The molecule has 1 N–H and O–H groups in total. The van der Waals surface area contributed by atoms with E-state index in [2.05, 4.69) is 20.1 Å². The topological polar surface area (TPSA) is 91.0 Å². The van der Waals surface area contributed by atoms with Crippen molar-refractivity contribution < 1.29 is 27.1 Å². The molecule has 4 aromatic rings. The standard InChI is InChI=1S/C20H13F4N5O3/c21-12-1-5-14(6-2-12)29-18-16(9-26-29)19(31)28(11-25-18)10-17(30)27-13-3-7-15(8-4-13)32-20(22,23)24/h1-9,11H,10H2,(H,27,30). The zero-order chi connectivity index (χ0) is 22.9. The van der Waals surface area contributed by atoms with Crippen LogP contribution >= 0.6 is 0 Å². The number of carbonyl (C=O) groups is 1. The molecule has 0 atom stereocenters. The lowest BCUT2D eigenvalue weighted by molar-refractivity contribution is -0.274. The summed E-state index contributed by atoms with van der Waals surface area (Å²) in [6.45, 7) is -0.385. The molecule has 2 heterocycles. The highest BCUT2D eigenvalue weighted by molar-refractivity contribution is 5.90. The number of hydrogen-bond donors (Lipinski definition) is 1. The van der Waals surface area contributed by atoms with Crippen LogP contribution in [0.2, 0.25) is 0 Å². The minimum atomic E-state index is -4.82. The van der Waals surface area contributed by atoms with Gasteiger partial charge in [-0.3, -0.25) is 14.2 Å². The average Bonchev–Trinajstić information content (AvgIpc) is 3.16. The molecule has 0 fully saturated rings. The summed E-state index contributed by atoms with van der Waals surface area (Å²) in [5.41, 5.74) is 0.434. The Balaban J connectivity index is 1.49. The van der Waals surface area contributed by atoms with Gasteiger partial charge in [-0.15, -0.1) is 13.2 Å². The molecule has 0 spiro atoms. The summed E-state index contributed by atoms with van der Waals surface area (Å²) < 4.78 is 55.9. The highest BCUT2D eigenvalue weighted by Gasteiger charge is 2.31. The highest BCUT2D eigenvalue weighted by Crippen LogP contribution is 2.24. The van der Waals surface area contributed by atoms with Crippen LogP contribution in [0.4, 0.5) is 23.2 Å². The molecule has 2 aromatic heterocycles. The number of halogens is 4. The van der Waals surface area contributed by atoms with E-state index in [9.17, 15) is 27.2 Å². The molecular formula is C20H13F4N5O3. The second kappa shape index (κ2) is 8.13. The molecule has 1 amide bonds. The van der Waals surface area contributed by atoms with Gasteiger partial charge in [0.1, 0.15) is 29.8 Å². The van der Waals surface area contributed by atoms with Crippen molar-refractivity contribution in [2.24, 2.45) is 0 Å². The van der Waals surface area contributed by atoms with Crippen molar-refractivity contribution in [1.29, 1.82) is 0 Å². The van der Waals surface area contributed by atoms with Crippen molar-refractivity contribution >= 4 is 22.6 Å². The molecular weight excluding hydrogens is 434 g/mol. The van der Waals surface area contributed by atoms with Gasteiger partial charge in [-0.1, -0.05) is 0 Å². The van der Waals surface area contributed by atoms with Crippen LogP contribution in [0, 0.1) is 5.82 Å². The van der Waals surface area contributed by atoms with Gasteiger partial charge in [0, 0.05) is 5.69 Å². The molecule has 0 aliphatic carbocycles. The van der Waals surface area contributed by atoms with Gasteiger partial charge in [0.25, 0.3) is 5.56 Å². The minimum absolute atomic E-state index is 0.151. The number of hydrogen-bond acceptors (Lipinski definition) is 5. The molecule has 164 valence electrons. The van der Waals surface area contributed by atoms with Crippen molar-refractivity contribution in [2.75, 3.05) is 5.32 Å². The number of aromatic nitrogens is 4. The summed E-state index contributed by atoms with van der Waals surface area (Å²) >= 11 is 0. The molecule has 2 aromatic carbocycles. The van der Waals surface area contributed by atoms with Gasteiger partial charge >= 0.3 is 6.36 Å². The predicted molar refractivity (Wildman–Crippen MR) is 105 cm³/mol. The van der Waals surface area contributed by atoms with Crippen LogP contribution in [0.3, 0.4) is 0 Å². The van der Waals surface area contributed by atoms with Gasteiger partial charge in [0.05, 0.1) is 11.9 Å². The lowest BCUT2D eigenvalue weighted by atomic mass is 10.3. The molecule has 32 heavy (non-hydrogen) atoms. The number of amides is 1. The van der Waals surface area contributed by atoms with Gasteiger partial charge in [-0.2, -0.15) is 5.10 Å². The molecule has 12 heteroatoms. The summed E-state index contributed by atoms with van der Waals surface area (Å²) in [6, 6.07) is 10.0. The van der Waals surface area contributed by atoms with Crippen LogP contribution in [-0.2, 0) is 11.3 Å². The summed E-state index contributed by atoms with van der Waals surface area (Å²) in [7, 11) is 0. The Hall–Kier alpha value is -4.22. The second-order valence-corrected chi connectivity index (χ2v) is 6.57. The number of benzene rings is 2. The highest BCUT2D eigenvalue weighted by atomic mass is 19.4. The van der Waals surface area contributed by atoms with E-state index in [1.807, 2.05) is 0 Å². The number of ether oxygens (including phenoxy) is 1. The number of alkyl halides is 3. The Morgan fingerprint density at radius 1 is 1.06 bits per heavy atom. The van der Waals surface area contributed by atoms with Crippen LogP contribution in [-0.4, -0.2) is 31.6 Å². The molecule has 0 aliphatic rings. The largest absolute Gasteiger partial charge is 0.573 e. The lowest BCUT2D eigenvalue weighted by Gasteiger charge is -2.10. The van der Waals surface area contributed by atoms with E-state index in [0.717, 1.165) is 16.7 Å². The number of carbonyl (C=O) groups excluding carboxylic acids is 1. The van der Waals surface area contributed by atoms with Crippen molar-refractivity contribution in [3.05, 3.63) is 77.2 Å². The Labute approximate surface area is 176 Å². The van der Waals surface area contributed by atoms with Crippen LogP contribution in [0.1, 0.15) is 0 Å². The van der Waals surface area contributed by atoms with Crippen LogP contribution in [0.25, 0.3) is 16.7 Å². The zero-order valence-corrected chi connectivity index (χ0v) is 16.0. The van der Waals surface area contributed by atoms with Crippen molar-refractivity contribution in [1.82, 2.24) is 19.3 Å². The molecule has 0 bridgehead atoms. The van der Waals surface area contributed by atoms with Gasteiger partial charge in [-0.05, 0) is 48.5 Å². The minimum Gasteiger partial charge on any atom is -0.406 e.